The summed E-state index contributed by atoms with van der Waals surface area (Å²) in [5, 5.41) is 22.3. The normalized spacial score (nSPS) is 19.5. The molecule has 0 N–H and O–H groups in total. The van der Waals surface area contributed by atoms with Crippen LogP contribution in [0.15, 0.2) is 109 Å². The fourth-order valence-corrected chi connectivity index (χ4v) is 6.26. The summed E-state index contributed by atoms with van der Waals surface area (Å²) in [7, 11) is 0. The topological polar surface area (TPSA) is 55.8 Å². The van der Waals surface area contributed by atoms with Crippen LogP contribution in [0.5, 0.6) is 0 Å². The van der Waals surface area contributed by atoms with Gasteiger partial charge in [-0.1, -0.05) is 78.9 Å². The molecule has 37 heavy (non-hydrogen) atoms. The van der Waals surface area contributed by atoms with Crippen molar-refractivity contribution in [3.8, 4) is 17.8 Å². The van der Waals surface area contributed by atoms with E-state index in [-0.39, 0.29) is 11.5 Å². The zero-order chi connectivity index (χ0) is 25.1. The predicted molar refractivity (Wildman–Crippen MR) is 148 cm³/mol. The van der Waals surface area contributed by atoms with Gasteiger partial charge in [0.15, 0.2) is 0 Å². The van der Waals surface area contributed by atoms with Crippen molar-refractivity contribution in [1.29, 1.82) is 10.5 Å². The molecule has 4 nitrogen and oxygen atoms in total. The van der Waals surface area contributed by atoms with E-state index in [1.54, 1.807) is 0 Å². The Hall–Kier alpha value is -5.06. The first-order valence-electron chi connectivity index (χ1n) is 12.4. The third kappa shape index (κ3) is 2.82. The molecule has 1 aromatic heterocycles. The van der Waals surface area contributed by atoms with Gasteiger partial charge in [-0.2, -0.15) is 10.5 Å². The molecule has 1 aliphatic carbocycles. The fraction of sp³-hybridized carbons (Fsp3) is 0.0909. The lowest BCUT2D eigenvalue weighted by Crippen LogP contribution is -2.42. The van der Waals surface area contributed by atoms with E-state index in [1.807, 2.05) is 24.3 Å². The lowest BCUT2D eigenvalue weighted by atomic mass is 9.80. The van der Waals surface area contributed by atoms with Crippen LogP contribution >= 0.6 is 0 Å². The lowest BCUT2D eigenvalue weighted by molar-refractivity contribution is 0.542. The van der Waals surface area contributed by atoms with Crippen molar-refractivity contribution in [2.45, 2.75) is 18.4 Å². The fourth-order valence-electron chi connectivity index (χ4n) is 6.26. The van der Waals surface area contributed by atoms with Gasteiger partial charge in [0.25, 0.3) is 0 Å². The second kappa shape index (κ2) is 7.72. The van der Waals surface area contributed by atoms with Crippen LogP contribution in [-0.2, 0) is 0 Å². The van der Waals surface area contributed by atoms with Crippen LogP contribution in [0.1, 0.15) is 29.5 Å². The van der Waals surface area contributed by atoms with Crippen molar-refractivity contribution in [2.24, 2.45) is 0 Å². The molecule has 2 heterocycles. The van der Waals surface area contributed by atoms with Gasteiger partial charge in [0, 0.05) is 22.4 Å². The highest BCUT2D eigenvalue weighted by atomic mass is 15.3. The predicted octanol–water partition coefficient (Wildman–Crippen LogP) is 7.65. The summed E-state index contributed by atoms with van der Waals surface area (Å²) < 4.78 is 2.24. The van der Waals surface area contributed by atoms with Gasteiger partial charge in [-0.3, -0.25) is 0 Å². The molecule has 0 amide bonds. The van der Waals surface area contributed by atoms with Gasteiger partial charge in [-0.15, -0.1) is 0 Å². The van der Waals surface area contributed by atoms with Crippen LogP contribution in [0.4, 0.5) is 11.4 Å². The summed E-state index contributed by atoms with van der Waals surface area (Å²) >= 11 is 0. The van der Waals surface area contributed by atoms with Gasteiger partial charge < -0.3 is 9.47 Å². The molecule has 0 radical (unpaired) electrons. The molecule has 174 valence electrons. The maximum Gasteiger partial charge on any atom is 0.101 e. The summed E-state index contributed by atoms with van der Waals surface area (Å²) in [6, 6.07) is 33.5. The molecule has 5 aromatic rings. The molecule has 0 saturated carbocycles. The third-order valence-electron chi connectivity index (χ3n) is 7.89. The Morgan fingerprint density at radius 1 is 0.703 bits per heavy atom. The zero-order valence-corrected chi connectivity index (χ0v) is 20.3. The molecular formula is C33H22N4. The summed E-state index contributed by atoms with van der Waals surface area (Å²) in [5.41, 5.74) is 6.65. The number of hydrogen-bond donors (Lipinski definition) is 0. The zero-order valence-electron chi connectivity index (χ0n) is 20.3. The molecule has 2 aliphatic rings. The van der Waals surface area contributed by atoms with Crippen LogP contribution < -0.4 is 4.90 Å². The molecule has 4 aromatic carbocycles. The number of nitrogens with zero attached hydrogens (tertiary/aromatic N) is 4. The van der Waals surface area contributed by atoms with Crippen molar-refractivity contribution in [3.05, 3.63) is 126 Å². The number of nitriles is 2. The Labute approximate surface area is 215 Å². The van der Waals surface area contributed by atoms with Crippen molar-refractivity contribution < 1.29 is 0 Å². The van der Waals surface area contributed by atoms with Crippen molar-refractivity contribution in [1.82, 2.24) is 4.57 Å². The van der Waals surface area contributed by atoms with Gasteiger partial charge >= 0.3 is 0 Å². The molecule has 0 fully saturated rings. The number of benzene rings is 4. The Balaban J connectivity index is 1.63. The number of hydrogen-bond acceptors (Lipinski definition) is 3. The molecule has 0 spiro atoms. The number of rotatable bonds is 2. The van der Waals surface area contributed by atoms with Crippen molar-refractivity contribution >= 4 is 33.2 Å². The Kier molecular flexibility index (Phi) is 4.43. The van der Waals surface area contributed by atoms with Crippen LogP contribution in [0.25, 0.3) is 27.5 Å². The summed E-state index contributed by atoms with van der Waals surface area (Å²) in [6.07, 6.45) is 8.72. The van der Waals surface area contributed by atoms with Gasteiger partial charge in [0.2, 0.25) is 0 Å². The summed E-state index contributed by atoms with van der Waals surface area (Å²) in [6.45, 7) is 2.25. The highest BCUT2D eigenvalue weighted by Gasteiger charge is 2.47. The van der Waals surface area contributed by atoms with Crippen LogP contribution in [-0.4, -0.2) is 10.1 Å². The molecule has 4 heteroatoms. The van der Waals surface area contributed by atoms with Gasteiger partial charge in [-0.05, 0) is 42.8 Å². The highest BCUT2D eigenvalue weighted by molar-refractivity contribution is 6.09. The number of allylic oxidation sites excluding steroid dienone is 2. The molecule has 0 bridgehead atoms. The first-order valence-corrected chi connectivity index (χ1v) is 12.4. The quantitative estimate of drug-likeness (QED) is 0.264. The third-order valence-corrected chi connectivity index (χ3v) is 7.89. The van der Waals surface area contributed by atoms with E-state index in [9.17, 15) is 10.5 Å². The largest absolute Gasteiger partial charge is 0.329 e. The van der Waals surface area contributed by atoms with Crippen molar-refractivity contribution in [2.75, 3.05) is 4.90 Å². The first-order chi connectivity index (χ1) is 18.2. The molecule has 1 aliphatic heterocycles. The van der Waals surface area contributed by atoms with E-state index in [0.717, 1.165) is 38.9 Å². The van der Waals surface area contributed by atoms with Crippen molar-refractivity contribution in [3.63, 3.8) is 0 Å². The standard InChI is InChI=1S/C33H22N4/c1-33-17-9-8-13-27(33)26-12-4-7-16-30(26)37(33)32-19-23(21-35)22(20-34)18-31(32)36-28-14-5-2-10-24(28)25-11-3-6-15-29(25)36/h2-19,27H,1H3. The minimum Gasteiger partial charge on any atom is -0.329 e. The minimum atomic E-state index is -0.368. The van der Waals surface area contributed by atoms with E-state index >= 15 is 0 Å². The number of fused-ring (bicyclic) bond motifs is 6. The molecule has 0 saturated heterocycles. The lowest BCUT2D eigenvalue weighted by Gasteiger charge is -2.40. The SMILES string of the molecule is CC12C=CC=CC1c1ccccc1N2c1cc(C#N)c(C#N)cc1-n1c2ccccc2c2ccccc21. The van der Waals surface area contributed by atoms with Crippen LogP contribution in [0.2, 0.25) is 0 Å². The number of anilines is 2. The second-order valence-corrected chi connectivity index (χ2v) is 9.82. The summed E-state index contributed by atoms with van der Waals surface area (Å²) in [5.74, 6) is 0.167. The van der Waals surface area contributed by atoms with E-state index < -0.39 is 0 Å². The Morgan fingerprint density at radius 2 is 1.30 bits per heavy atom. The summed E-state index contributed by atoms with van der Waals surface area (Å²) in [4.78, 5) is 2.36. The average Bonchev–Trinajstić information content (AvgIpc) is 3.41. The first kappa shape index (κ1) is 21.2. The average molecular weight is 475 g/mol. The van der Waals surface area contributed by atoms with Gasteiger partial charge in [0.05, 0.1) is 39.1 Å². The molecule has 2 unspecified atom stereocenters. The van der Waals surface area contributed by atoms with Gasteiger partial charge in [0.1, 0.15) is 12.1 Å². The van der Waals surface area contributed by atoms with Gasteiger partial charge in [-0.25, -0.2) is 0 Å². The second-order valence-electron chi connectivity index (χ2n) is 9.82. The Bertz CT molecular complexity index is 1840. The van der Waals surface area contributed by atoms with E-state index in [4.69, 9.17) is 0 Å². The molecule has 7 rings (SSSR count). The monoisotopic (exact) mass is 474 g/mol. The van der Waals surface area contributed by atoms with E-state index in [2.05, 4.69) is 113 Å². The van der Waals surface area contributed by atoms with Crippen LogP contribution in [0, 0.1) is 22.7 Å². The number of para-hydroxylation sites is 3. The molecule has 2 atom stereocenters. The van der Waals surface area contributed by atoms with E-state index in [1.165, 1.54) is 5.56 Å². The number of aromatic nitrogens is 1. The smallest absolute Gasteiger partial charge is 0.101 e. The van der Waals surface area contributed by atoms with Crippen LogP contribution in [0.3, 0.4) is 0 Å². The maximum atomic E-state index is 10.0. The molecular weight excluding hydrogens is 452 g/mol. The Morgan fingerprint density at radius 3 is 1.97 bits per heavy atom. The highest BCUT2D eigenvalue weighted by Crippen LogP contribution is 2.55. The minimum absolute atomic E-state index is 0.167. The maximum absolute atomic E-state index is 10.0. The van der Waals surface area contributed by atoms with E-state index in [0.29, 0.717) is 11.1 Å².